The average Bonchev–Trinajstić information content (AvgIpc) is 2.74. The lowest BCUT2D eigenvalue weighted by Gasteiger charge is -2.15. The first-order valence-electron chi connectivity index (χ1n) is 5.64. The SMILES string of the molecule is CCCOc1ccnc(N2CCC(Br)C2)n1. The van der Waals surface area contributed by atoms with Crippen molar-refractivity contribution in [3.05, 3.63) is 12.3 Å². The normalized spacial score (nSPS) is 20.1. The molecule has 0 radical (unpaired) electrons. The smallest absolute Gasteiger partial charge is 0.228 e. The minimum Gasteiger partial charge on any atom is -0.478 e. The summed E-state index contributed by atoms with van der Waals surface area (Å²) >= 11 is 3.61. The Bertz CT molecular complexity index is 348. The molecule has 1 aromatic heterocycles. The minimum atomic E-state index is 0.552. The third-order valence-corrected chi connectivity index (χ3v) is 3.23. The summed E-state index contributed by atoms with van der Waals surface area (Å²) in [5.74, 6) is 1.44. The molecule has 0 bridgehead atoms. The number of nitrogens with zero attached hydrogens (tertiary/aromatic N) is 3. The highest BCUT2D eigenvalue weighted by Gasteiger charge is 2.22. The molecule has 2 heterocycles. The standard InChI is InChI=1S/C11H16BrN3O/c1-2-7-16-10-3-5-13-11(14-10)15-6-4-9(12)8-15/h3,5,9H,2,4,6-8H2,1H3. The Hall–Kier alpha value is -0.840. The van der Waals surface area contributed by atoms with Crippen LogP contribution in [0, 0.1) is 0 Å². The summed E-state index contributed by atoms with van der Waals surface area (Å²) in [4.78, 5) is 11.4. The molecule has 0 aliphatic carbocycles. The van der Waals surface area contributed by atoms with Crippen LogP contribution in [0.25, 0.3) is 0 Å². The zero-order chi connectivity index (χ0) is 11.4. The number of hydrogen-bond acceptors (Lipinski definition) is 4. The minimum absolute atomic E-state index is 0.552. The number of anilines is 1. The number of halogens is 1. The van der Waals surface area contributed by atoms with Gasteiger partial charge in [-0.25, -0.2) is 4.98 Å². The fraction of sp³-hybridized carbons (Fsp3) is 0.636. The van der Waals surface area contributed by atoms with Gasteiger partial charge in [-0.2, -0.15) is 4.98 Å². The van der Waals surface area contributed by atoms with Crippen molar-refractivity contribution in [2.45, 2.75) is 24.6 Å². The van der Waals surface area contributed by atoms with Gasteiger partial charge >= 0.3 is 0 Å². The van der Waals surface area contributed by atoms with E-state index < -0.39 is 0 Å². The highest BCUT2D eigenvalue weighted by Crippen LogP contribution is 2.21. The zero-order valence-corrected chi connectivity index (χ0v) is 11.0. The van der Waals surface area contributed by atoms with E-state index in [1.54, 1.807) is 12.3 Å². The summed E-state index contributed by atoms with van der Waals surface area (Å²) in [5.41, 5.74) is 0. The molecular formula is C11H16BrN3O. The van der Waals surface area contributed by atoms with Crippen LogP contribution in [-0.4, -0.2) is 34.5 Å². The van der Waals surface area contributed by atoms with Crippen LogP contribution in [-0.2, 0) is 0 Å². The molecule has 4 nitrogen and oxygen atoms in total. The van der Waals surface area contributed by atoms with Crippen LogP contribution >= 0.6 is 15.9 Å². The molecule has 1 saturated heterocycles. The van der Waals surface area contributed by atoms with Crippen molar-refractivity contribution in [2.75, 3.05) is 24.6 Å². The van der Waals surface area contributed by atoms with Crippen LogP contribution in [0.4, 0.5) is 5.95 Å². The Morgan fingerprint density at radius 1 is 1.62 bits per heavy atom. The van der Waals surface area contributed by atoms with Gasteiger partial charge in [-0.05, 0) is 12.8 Å². The second kappa shape index (κ2) is 5.48. The number of aromatic nitrogens is 2. The lowest BCUT2D eigenvalue weighted by atomic mass is 10.4. The van der Waals surface area contributed by atoms with Gasteiger partial charge in [0.05, 0.1) is 6.61 Å². The quantitative estimate of drug-likeness (QED) is 0.796. The molecule has 0 saturated carbocycles. The summed E-state index contributed by atoms with van der Waals surface area (Å²) < 4.78 is 5.49. The van der Waals surface area contributed by atoms with Crippen LogP contribution in [0.1, 0.15) is 19.8 Å². The summed E-state index contributed by atoms with van der Waals surface area (Å²) in [6.07, 6.45) is 3.89. The van der Waals surface area contributed by atoms with Crippen molar-refractivity contribution in [2.24, 2.45) is 0 Å². The van der Waals surface area contributed by atoms with Gasteiger partial charge in [-0.15, -0.1) is 0 Å². The Kier molecular flexibility index (Phi) is 3.98. The summed E-state index contributed by atoms with van der Waals surface area (Å²) in [5, 5.41) is 0. The maximum absolute atomic E-state index is 5.49. The predicted molar refractivity (Wildman–Crippen MR) is 67.4 cm³/mol. The predicted octanol–water partition coefficient (Wildman–Crippen LogP) is 2.24. The number of rotatable bonds is 4. The fourth-order valence-electron chi connectivity index (χ4n) is 1.67. The molecule has 0 aromatic carbocycles. The maximum Gasteiger partial charge on any atom is 0.228 e. The molecule has 2 rings (SSSR count). The summed E-state index contributed by atoms with van der Waals surface area (Å²) in [6.45, 7) is 4.76. The van der Waals surface area contributed by atoms with Crippen LogP contribution in [0.15, 0.2) is 12.3 Å². The lowest BCUT2D eigenvalue weighted by molar-refractivity contribution is 0.305. The van der Waals surface area contributed by atoms with Crippen molar-refractivity contribution in [1.29, 1.82) is 0 Å². The summed E-state index contributed by atoms with van der Waals surface area (Å²) in [7, 11) is 0. The molecule has 5 heteroatoms. The molecule has 0 amide bonds. The highest BCUT2D eigenvalue weighted by atomic mass is 79.9. The fourth-order valence-corrected chi connectivity index (χ4v) is 2.23. The van der Waals surface area contributed by atoms with E-state index in [0.29, 0.717) is 17.3 Å². The van der Waals surface area contributed by atoms with Crippen molar-refractivity contribution < 1.29 is 4.74 Å². The van der Waals surface area contributed by atoms with E-state index in [0.717, 1.165) is 31.9 Å². The second-order valence-electron chi connectivity index (χ2n) is 3.88. The van der Waals surface area contributed by atoms with Gasteiger partial charge in [0.2, 0.25) is 11.8 Å². The van der Waals surface area contributed by atoms with Gasteiger partial charge in [0.1, 0.15) is 0 Å². The topological polar surface area (TPSA) is 38.2 Å². The van der Waals surface area contributed by atoms with E-state index in [1.807, 2.05) is 0 Å². The molecule has 1 aromatic rings. The highest BCUT2D eigenvalue weighted by molar-refractivity contribution is 9.09. The van der Waals surface area contributed by atoms with Crippen LogP contribution in [0.3, 0.4) is 0 Å². The molecule has 0 spiro atoms. The van der Waals surface area contributed by atoms with Gasteiger partial charge < -0.3 is 9.64 Å². The van der Waals surface area contributed by atoms with E-state index in [4.69, 9.17) is 4.74 Å². The number of hydrogen-bond donors (Lipinski definition) is 0. The molecule has 16 heavy (non-hydrogen) atoms. The van der Waals surface area contributed by atoms with Crippen LogP contribution < -0.4 is 9.64 Å². The van der Waals surface area contributed by atoms with Gasteiger partial charge in [-0.3, -0.25) is 0 Å². The lowest BCUT2D eigenvalue weighted by Crippen LogP contribution is -2.22. The van der Waals surface area contributed by atoms with Gasteiger partial charge in [0, 0.05) is 30.2 Å². The molecule has 1 aliphatic heterocycles. The molecule has 1 aliphatic rings. The number of alkyl halides is 1. The first-order valence-corrected chi connectivity index (χ1v) is 6.56. The molecule has 1 fully saturated rings. The Labute approximate surface area is 104 Å². The van der Waals surface area contributed by atoms with E-state index in [2.05, 4.69) is 37.7 Å². The van der Waals surface area contributed by atoms with Crippen molar-refractivity contribution >= 4 is 21.9 Å². The number of ether oxygens (including phenoxy) is 1. The first kappa shape index (κ1) is 11.6. The van der Waals surface area contributed by atoms with E-state index >= 15 is 0 Å². The molecular weight excluding hydrogens is 270 g/mol. The zero-order valence-electron chi connectivity index (χ0n) is 9.40. The van der Waals surface area contributed by atoms with Crippen LogP contribution in [0.5, 0.6) is 5.88 Å². The third kappa shape index (κ3) is 2.84. The Morgan fingerprint density at radius 2 is 2.50 bits per heavy atom. The van der Waals surface area contributed by atoms with Gasteiger partial charge in [0.15, 0.2) is 0 Å². The van der Waals surface area contributed by atoms with Gasteiger partial charge in [-0.1, -0.05) is 22.9 Å². The molecule has 0 N–H and O–H groups in total. The second-order valence-corrected chi connectivity index (χ2v) is 5.17. The summed E-state index contributed by atoms with van der Waals surface area (Å²) in [6, 6.07) is 1.81. The van der Waals surface area contributed by atoms with Crippen molar-refractivity contribution in [3.8, 4) is 5.88 Å². The average molecular weight is 286 g/mol. The Morgan fingerprint density at radius 3 is 3.19 bits per heavy atom. The molecule has 1 atom stereocenters. The van der Waals surface area contributed by atoms with Crippen molar-refractivity contribution in [3.63, 3.8) is 0 Å². The van der Waals surface area contributed by atoms with E-state index in [-0.39, 0.29) is 0 Å². The molecule has 88 valence electrons. The Balaban J connectivity index is 2.04. The van der Waals surface area contributed by atoms with Crippen LogP contribution in [0.2, 0.25) is 0 Å². The first-order chi connectivity index (χ1) is 7.79. The monoisotopic (exact) mass is 285 g/mol. The van der Waals surface area contributed by atoms with E-state index in [1.165, 1.54) is 0 Å². The maximum atomic E-state index is 5.49. The largest absolute Gasteiger partial charge is 0.478 e. The third-order valence-electron chi connectivity index (χ3n) is 2.48. The van der Waals surface area contributed by atoms with Crippen molar-refractivity contribution in [1.82, 2.24) is 9.97 Å². The van der Waals surface area contributed by atoms with Gasteiger partial charge in [0.25, 0.3) is 0 Å². The van der Waals surface area contributed by atoms with E-state index in [9.17, 15) is 0 Å². The molecule has 1 unspecified atom stereocenters.